The molecule has 1 fully saturated rings. The second kappa shape index (κ2) is 7.67. The van der Waals surface area contributed by atoms with Crippen molar-refractivity contribution in [3.05, 3.63) is 57.1 Å². The third-order valence-corrected chi connectivity index (χ3v) is 4.40. The predicted molar refractivity (Wildman–Crippen MR) is 94.9 cm³/mol. The summed E-state index contributed by atoms with van der Waals surface area (Å²) >= 11 is 5.75. The number of hydrogen-bond donors (Lipinski definition) is 3. The number of anilines is 1. The number of piperidine rings is 1. The molecule has 3 N–H and O–H groups in total. The van der Waals surface area contributed by atoms with Crippen LogP contribution < -0.4 is 15.8 Å². The molecule has 7 nitrogen and oxygen atoms in total. The van der Waals surface area contributed by atoms with Crippen LogP contribution in [0, 0.1) is 0 Å². The van der Waals surface area contributed by atoms with E-state index in [-0.39, 0.29) is 29.1 Å². The average Bonchev–Trinajstić information content (AvgIpc) is 2.62. The lowest BCUT2D eigenvalue weighted by molar-refractivity contribution is 0.0950. The van der Waals surface area contributed by atoms with E-state index in [0.717, 1.165) is 30.8 Å². The molecule has 25 heavy (non-hydrogen) atoms. The number of β-amino-alcohol motifs (C(OH)–C–C–N with tert-alkyl or cyclic N) is 1. The molecule has 8 heteroatoms. The van der Waals surface area contributed by atoms with Crippen molar-refractivity contribution in [3.8, 4) is 0 Å². The Morgan fingerprint density at radius 2 is 2.36 bits per heavy atom. The maximum atomic E-state index is 12.3. The number of rotatable bonds is 4. The number of H-pyrrole nitrogens is 1. The second-order valence-corrected chi connectivity index (χ2v) is 6.38. The highest BCUT2D eigenvalue weighted by Gasteiger charge is 2.21. The fourth-order valence-electron chi connectivity index (χ4n) is 2.86. The van der Waals surface area contributed by atoms with Crippen molar-refractivity contribution in [1.29, 1.82) is 0 Å². The van der Waals surface area contributed by atoms with Crippen LogP contribution in [0.25, 0.3) is 0 Å². The highest BCUT2D eigenvalue weighted by molar-refractivity contribution is 6.30. The average molecular weight is 363 g/mol. The minimum absolute atomic E-state index is 0.0305. The maximum absolute atomic E-state index is 12.3. The van der Waals surface area contributed by atoms with Crippen molar-refractivity contribution in [3.63, 3.8) is 0 Å². The van der Waals surface area contributed by atoms with E-state index in [4.69, 9.17) is 11.6 Å². The second-order valence-electron chi connectivity index (χ2n) is 5.98. The molecule has 2 aromatic heterocycles. The third-order valence-electron chi connectivity index (χ3n) is 4.12. The van der Waals surface area contributed by atoms with Gasteiger partial charge in [0.1, 0.15) is 10.8 Å². The Morgan fingerprint density at radius 1 is 1.52 bits per heavy atom. The summed E-state index contributed by atoms with van der Waals surface area (Å²) in [6.07, 6.45) is 4.36. The molecule has 0 spiro atoms. The van der Waals surface area contributed by atoms with Gasteiger partial charge in [-0.15, -0.1) is 0 Å². The van der Waals surface area contributed by atoms with E-state index < -0.39 is 5.56 Å². The standard InChI is InChI=1S/C17H19ClN4O3/c18-14-7-12(9-21-17(14)25)16(24)20-8-11-3-1-5-19-15(11)22-6-2-4-13(23)10-22/h1,3,5,7,9,13,23H,2,4,6,8,10H2,(H,20,24)(H,21,25)/t13-/m1/s1. The summed E-state index contributed by atoms with van der Waals surface area (Å²) in [6.45, 7) is 1.64. The number of pyridine rings is 2. The molecule has 3 rings (SSSR count). The fourth-order valence-corrected chi connectivity index (χ4v) is 3.04. The summed E-state index contributed by atoms with van der Waals surface area (Å²) in [5, 5.41) is 12.6. The molecule has 0 saturated carbocycles. The van der Waals surface area contributed by atoms with Crippen LogP contribution in [-0.2, 0) is 6.54 Å². The van der Waals surface area contributed by atoms with Crippen LogP contribution in [0.5, 0.6) is 0 Å². The van der Waals surface area contributed by atoms with Crippen molar-refractivity contribution in [2.45, 2.75) is 25.5 Å². The molecule has 1 amide bonds. The van der Waals surface area contributed by atoms with Gasteiger partial charge in [0.25, 0.3) is 11.5 Å². The summed E-state index contributed by atoms with van der Waals surface area (Å²) in [4.78, 5) is 32.4. The lowest BCUT2D eigenvalue weighted by Gasteiger charge is -2.32. The Hall–Kier alpha value is -2.38. The number of halogens is 1. The van der Waals surface area contributed by atoms with E-state index in [2.05, 4.69) is 15.3 Å². The van der Waals surface area contributed by atoms with Crippen LogP contribution in [-0.4, -0.2) is 40.2 Å². The molecule has 0 unspecified atom stereocenters. The maximum Gasteiger partial charge on any atom is 0.266 e. The zero-order chi connectivity index (χ0) is 17.8. The molecule has 1 saturated heterocycles. The van der Waals surface area contributed by atoms with Gasteiger partial charge in [-0.3, -0.25) is 9.59 Å². The molecule has 1 atom stereocenters. The Morgan fingerprint density at radius 3 is 3.12 bits per heavy atom. The van der Waals surface area contributed by atoms with E-state index in [0.29, 0.717) is 6.54 Å². The molecule has 0 aliphatic carbocycles. The van der Waals surface area contributed by atoms with E-state index in [1.54, 1.807) is 6.20 Å². The summed E-state index contributed by atoms with van der Waals surface area (Å²) in [5.74, 6) is 0.424. The van der Waals surface area contributed by atoms with E-state index in [1.807, 2.05) is 17.0 Å². The fraction of sp³-hybridized carbons (Fsp3) is 0.353. The molecular formula is C17H19ClN4O3. The van der Waals surface area contributed by atoms with Crippen LogP contribution in [0.4, 0.5) is 5.82 Å². The van der Waals surface area contributed by atoms with Crippen LogP contribution in [0.3, 0.4) is 0 Å². The predicted octanol–water partition coefficient (Wildman–Crippen LogP) is 1.31. The molecule has 0 bridgehead atoms. The number of aliphatic hydroxyl groups excluding tert-OH is 1. The number of hydrogen-bond acceptors (Lipinski definition) is 5. The smallest absolute Gasteiger partial charge is 0.266 e. The highest BCUT2D eigenvalue weighted by atomic mass is 35.5. The number of aromatic nitrogens is 2. The molecule has 0 aromatic carbocycles. The lowest BCUT2D eigenvalue weighted by Crippen LogP contribution is -2.39. The van der Waals surface area contributed by atoms with Gasteiger partial charge in [-0.1, -0.05) is 17.7 Å². The van der Waals surface area contributed by atoms with Gasteiger partial charge >= 0.3 is 0 Å². The number of carbonyl (C=O) groups is 1. The van der Waals surface area contributed by atoms with E-state index >= 15 is 0 Å². The van der Waals surface area contributed by atoms with Gasteiger partial charge in [0.05, 0.1) is 11.7 Å². The van der Waals surface area contributed by atoms with Crippen molar-refractivity contribution >= 4 is 23.3 Å². The normalized spacial score (nSPS) is 17.4. The first kappa shape index (κ1) is 17.4. The monoisotopic (exact) mass is 362 g/mol. The first-order chi connectivity index (χ1) is 12.0. The van der Waals surface area contributed by atoms with Gasteiger partial charge < -0.3 is 20.3 Å². The number of aliphatic hydroxyl groups is 1. The summed E-state index contributed by atoms with van der Waals surface area (Å²) < 4.78 is 0. The Bertz CT molecular complexity index is 824. The minimum atomic E-state index is -0.434. The quantitative estimate of drug-likeness (QED) is 0.761. The Balaban J connectivity index is 1.71. The SMILES string of the molecule is O=C(NCc1cccnc1N1CCC[C@@H](O)C1)c1c[nH]c(=O)c(Cl)c1. The van der Waals surface area contributed by atoms with Crippen LogP contribution >= 0.6 is 11.6 Å². The Kier molecular flexibility index (Phi) is 5.35. The summed E-state index contributed by atoms with van der Waals surface area (Å²) in [6, 6.07) is 5.03. The van der Waals surface area contributed by atoms with Crippen molar-refractivity contribution in [2.24, 2.45) is 0 Å². The van der Waals surface area contributed by atoms with Crippen LogP contribution in [0.1, 0.15) is 28.8 Å². The van der Waals surface area contributed by atoms with Gasteiger partial charge in [0.2, 0.25) is 0 Å². The van der Waals surface area contributed by atoms with Crippen LogP contribution in [0.15, 0.2) is 35.4 Å². The lowest BCUT2D eigenvalue weighted by atomic mass is 10.1. The topological polar surface area (TPSA) is 98.3 Å². The van der Waals surface area contributed by atoms with Gasteiger partial charge in [0, 0.05) is 37.6 Å². The molecule has 132 valence electrons. The number of carbonyl (C=O) groups excluding carboxylic acids is 1. The van der Waals surface area contributed by atoms with Gasteiger partial charge in [-0.25, -0.2) is 4.98 Å². The number of nitrogens with zero attached hydrogens (tertiary/aromatic N) is 2. The molecule has 3 heterocycles. The summed E-state index contributed by atoms with van der Waals surface area (Å²) in [7, 11) is 0. The van der Waals surface area contributed by atoms with Gasteiger partial charge in [-0.05, 0) is 25.0 Å². The summed E-state index contributed by atoms with van der Waals surface area (Å²) in [5.41, 5.74) is 0.709. The molecule has 0 radical (unpaired) electrons. The minimum Gasteiger partial charge on any atom is -0.391 e. The molecular weight excluding hydrogens is 344 g/mol. The Labute approximate surface area is 149 Å². The van der Waals surface area contributed by atoms with Crippen molar-refractivity contribution in [1.82, 2.24) is 15.3 Å². The third kappa shape index (κ3) is 4.18. The van der Waals surface area contributed by atoms with E-state index in [1.165, 1.54) is 12.3 Å². The van der Waals surface area contributed by atoms with Gasteiger partial charge in [0.15, 0.2) is 0 Å². The van der Waals surface area contributed by atoms with Gasteiger partial charge in [-0.2, -0.15) is 0 Å². The first-order valence-corrected chi connectivity index (χ1v) is 8.45. The zero-order valence-corrected chi connectivity index (χ0v) is 14.3. The molecule has 1 aliphatic heterocycles. The number of nitrogens with one attached hydrogen (secondary N) is 2. The highest BCUT2D eigenvalue weighted by Crippen LogP contribution is 2.21. The first-order valence-electron chi connectivity index (χ1n) is 8.08. The van der Waals surface area contributed by atoms with E-state index in [9.17, 15) is 14.7 Å². The van der Waals surface area contributed by atoms with Crippen molar-refractivity contribution in [2.75, 3.05) is 18.0 Å². The largest absolute Gasteiger partial charge is 0.391 e. The van der Waals surface area contributed by atoms with Crippen LogP contribution in [0.2, 0.25) is 5.02 Å². The number of amides is 1. The zero-order valence-electron chi connectivity index (χ0n) is 13.5. The number of aromatic amines is 1. The molecule has 2 aromatic rings. The van der Waals surface area contributed by atoms with Crippen molar-refractivity contribution < 1.29 is 9.90 Å². The molecule has 1 aliphatic rings.